The van der Waals surface area contributed by atoms with Gasteiger partial charge in [-0.2, -0.15) is 0 Å². The predicted molar refractivity (Wildman–Crippen MR) is 80.3 cm³/mol. The highest BCUT2D eigenvalue weighted by atomic mass is 17.2. The van der Waals surface area contributed by atoms with Crippen LogP contribution in [0.3, 0.4) is 0 Å². The molecule has 5 heteroatoms. The molecule has 0 fully saturated rings. The average molecular weight is 297 g/mol. The molecule has 0 aliphatic carbocycles. The molecule has 1 aliphatic heterocycles. The Balaban J connectivity index is 2.51. The van der Waals surface area contributed by atoms with Gasteiger partial charge < -0.3 is 0 Å². The summed E-state index contributed by atoms with van der Waals surface area (Å²) in [6.45, 7) is 13.8. The molecular formula is C16H27NO4. The highest BCUT2D eigenvalue weighted by molar-refractivity contribution is 6.15. The first kappa shape index (κ1) is 17.9. The van der Waals surface area contributed by atoms with Gasteiger partial charge in [0.2, 0.25) is 0 Å². The van der Waals surface area contributed by atoms with E-state index in [0.29, 0.717) is 24.5 Å². The minimum absolute atomic E-state index is 0.223. The number of carbonyl (C=O) groups excluding carboxylic acids is 2. The van der Waals surface area contributed by atoms with Crippen molar-refractivity contribution >= 4 is 11.8 Å². The number of rotatable bonds is 7. The van der Waals surface area contributed by atoms with Crippen LogP contribution >= 0.6 is 0 Å². The molecule has 0 aromatic rings. The van der Waals surface area contributed by atoms with Gasteiger partial charge in [-0.3, -0.25) is 14.5 Å². The fourth-order valence-corrected chi connectivity index (χ4v) is 1.59. The van der Waals surface area contributed by atoms with Gasteiger partial charge in [0, 0.05) is 18.2 Å². The monoisotopic (exact) mass is 297 g/mol. The molecule has 0 unspecified atom stereocenters. The van der Waals surface area contributed by atoms with Gasteiger partial charge in [0.25, 0.3) is 11.8 Å². The zero-order valence-electron chi connectivity index (χ0n) is 14.1. The van der Waals surface area contributed by atoms with E-state index in [2.05, 4.69) is 13.8 Å². The van der Waals surface area contributed by atoms with Gasteiger partial charge in [-0.15, -0.1) is 0 Å². The Hall–Kier alpha value is -1.20. The molecule has 120 valence electrons. The van der Waals surface area contributed by atoms with Crippen molar-refractivity contribution < 1.29 is 19.4 Å². The molecule has 1 rings (SSSR count). The van der Waals surface area contributed by atoms with Crippen molar-refractivity contribution in [2.45, 2.75) is 66.1 Å². The first-order chi connectivity index (χ1) is 9.46. The minimum atomic E-state index is -0.580. The zero-order valence-corrected chi connectivity index (χ0v) is 14.1. The molecule has 5 nitrogen and oxygen atoms in total. The van der Waals surface area contributed by atoms with Crippen molar-refractivity contribution in [2.75, 3.05) is 6.54 Å². The summed E-state index contributed by atoms with van der Waals surface area (Å²) in [4.78, 5) is 35.8. The second kappa shape index (κ2) is 6.28. The first-order valence-electron chi connectivity index (χ1n) is 7.37. The van der Waals surface area contributed by atoms with Crippen LogP contribution in [0.4, 0.5) is 0 Å². The van der Waals surface area contributed by atoms with Crippen molar-refractivity contribution in [3.63, 3.8) is 0 Å². The molecular weight excluding hydrogens is 270 g/mol. The molecule has 0 N–H and O–H groups in total. The summed E-state index contributed by atoms with van der Waals surface area (Å²) >= 11 is 0. The first-order valence-corrected chi connectivity index (χ1v) is 7.37. The van der Waals surface area contributed by atoms with E-state index < -0.39 is 11.2 Å². The lowest BCUT2D eigenvalue weighted by molar-refractivity contribution is -0.408. The van der Waals surface area contributed by atoms with Gasteiger partial charge in [0.1, 0.15) is 5.60 Å². The fraction of sp³-hybridized carbons (Fsp3) is 0.750. The van der Waals surface area contributed by atoms with E-state index in [1.807, 2.05) is 27.7 Å². The topological polar surface area (TPSA) is 55.8 Å². The summed E-state index contributed by atoms with van der Waals surface area (Å²) in [6.07, 6.45) is 1.88. The number of hydrogen-bond acceptors (Lipinski definition) is 4. The van der Waals surface area contributed by atoms with Crippen LogP contribution in [0.25, 0.3) is 0 Å². The third-order valence-corrected chi connectivity index (χ3v) is 4.00. The smallest absolute Gasteiger partial charge is 0.256 e. The molecule has 1 aliphatic rings. The average Bonchev–Trinajstić information content (AvgIpc) is 2.59. The molecule has 0 spiro atoms. The Kier molecular flexibility index (Phi) is 5.34. The third-order valence-electron chi connectivity index (χ3n) is 4.00. The Labute approximate surface area is 127 Å². The van der Waals surface area contributed by atoms with Crippen molar-refractivity contribution in [1.82, 2.24) is 4.90 Å². The van der Waals surface area contributed by atoms with E-state index in [4.69, 9.17) is 9.78 Å². The van der Waals surface area contributed by atoms with Crippen LogP contribution in [0.15, 0.2) is 11.6 Å². The zero-order chi connectivity index (χ0) is 16.4. The van der Waals surface area contributed by atoms with E-state index in [0.717, 1.165) is 0 Å². The molecule has 0 saturated carbocycles. The van der Waals surface area contributed by atoms with Crippen LogP contribution < -0.4 is 0 Å². The van der Waals surface area contributed by atoms with Gasteiger partial charge in [-0.05, 0) is 47.0 Å². The summed E-state index contributed by atoms with van der Waals surface area (Å²) in [5.74, 6) is -0.169. The summed E-state index contributed by atoms with van der Waals surface area (Å²) in [5.41, 5.74) is -0.492. The maximum Gasteiger partial charge on any atom is 0.256 e. The van der Waals surface area contributed by atoms with E-state index >= 15 is 0 Å². The number of nitrogens with zero attached hydrogens (tertiary/aromatic N) is 1. The fourth-order valence-electron chi connectivity index (χ4n) is 1.59. The van der Waals surface area contributed by atoms with Crippen LogP contribution in [-0.4, -0.2) is 34.5 Å². The predicted octanol–water partition coefficient (Wildman–Crippen LogP) is 2.85. The largest absolute Gasteiger partial charge is 0.275 e. The Morgan fingerprint density at radius 1 is 1.14 bits per heavy atom. The van der Waals surface area contributed by atoms with E-state index in [-0.39, 0.29) is 11.8 Å². The Bertz CT molecular complexity index is 449. The molecule has 0 saturated heterocycles. The minimum Gasteiger partial charge on any atom is -0.275 e. The van der Waals surface area contributed by atoms with Crippen LogP contribution in [0.2, 0.25) is 0 Å². The normalized spacial score (nSPS) is 17.0. The van der Waals surface area contributed by atoms with Crippen molar-refractivity contribution in [3.05, 3.63) is 11.6 Å². The van der Waals surface area contributed by atoms with Crippen molar-refractivity contribution in [1.29, 1.82) is 0 Å². The molecule has 0 aromatic heterocycles. The summed E-state index contributed by atoms with van der Waals surface area (Å²) in [5, 5.41) is 0. The Morgan fingerprint density at radius 2 is 1.71 bits per heavy atom. The lowest BCUT2D eigenvalue weighted by Gasteiger charge is -2.33. The second-order valence-corrected chi connectivity index (χ2v) is 7.06. The molecule has 0 atom stereocenters. The van der Waals surface area contributed by atoms with Gasteiger partial charge in [0.15, 0.2) is 0 Å². The summed E-state index contributed by atoms with van der Waals surface area (Å²) < 4.78 is 0. The number of imide groups is 1. The van der Waals surface area contributed by atoms with Gasteiger partial charge in [0.05, 0.1) is 5.60 Å². The number of amides is 2. The quantitative estimate of drug-likeness (QED) is 0.412. The highest BCUT2D eigenvalue weighted by Gasteiger charge is 2.33. The molecule has 1 heterocycles. The van der Waals surface area contributed by atoms with E-state index in [1.54, 1.807) is 6.92 Å². The van der Waals surface area contributed by atoms with Crippen LogP contribution in [-0.2, 0) is 19.4 Å². The third kappa shape index (κ3) is 4.64. The van der Waals surface area contributed by atoms with Crippen LogP contribution in [0.5, 0.6) is 0 Å². The second-order valence-electron chi connectivity index (χ2n) is 7.06. The van der Waals surface area contributed by atoms with Crippen LogP contribution in [0.1, 0.15) is 54.9 Å². The van der Waals surface area contributed by atoms with Gasteiger partial charge in [-0.25, -0.2) is 9.78 Å². The summed E-state index contributed by atoms with van der Waals surface area (Å²) in [7, 11) is 0. The number of hydrogen-bond donors (Lipinski definition) is 0. The van der Waals surface area contributed by atoms with Crippen LogP contribution in [0, 0.1) is 5.92 Å². The molecule has 0 radical (unpaired) electrons. The standard InChI is InChI=1S/C16H27NO4/c1-11(2)16(6,7)21-20-15(4,5)8-9-17-13(18)10-12(3)14(17)19/h10-11H,8-9H2,1-7H3. The Morgan fingerprint density at radius 3 is 2.14 bits per heavy atom. The highest BCUT2D eigenvalue weighted by Crippen LogP contribution is 2.26. The molecule has 2 amide bonds. The molecule has 21 heavy (non-hydrogen) atoms. The number of carbonyl (C=O) groups is 2. The molecule has 0 aromatic carbocycles. The maximum absolute atomic E-state index is 11.8. The van der Waals surface area contributed by atoms with Gasteiger partial charge in [-0.1, -0.05) is 13.8 Å². The van der Waals surface area contributed by atoms with E-state index in [9.17, 15) is 9.59 Å². The maximum atomic E-state index is 11.8. The molecule has 0 bridgehead atoms. The van der Waals surface area contributed by atoms with Gasteiger partial charge >= 0.3 is 0 Å². The van der Waals surface area contributed by atoms with E-state index in [1.165, 1.54) is 11.0 Å². The SMILES string of the molecule is CC1=CC(=O)N(CCC(C)(C)OOC(C)(C)C(C)C)C1=O. The van der Waals surface area contributed by atoms with Crippen molar-refractivity contribution in [3.8, 4) is 0 Å². The summed E-state index contributed by atoms with van der Waals surface area (Å²) in [6, 6.07) is 0. The lowest BCUT2D eigenvalue weighted by atomic mass is 9.95. The van der Waals surface area contributed by atoms with Crippen molar-refractivity contribution in [2.24, 2.45) is 5.92 Å². The lowest BCUT2D eigenvalue weighted by Crippen LogP contribution is -2.39.